The van der Waals surface area contributed by atoms with Crippen molar-refractivity contribution in [2.45, 2.75) is 25.0 Å². The summed E-state index contributed by atoms with van der Waals surface area (Å²) in [6.07, 6.45) is 3.97. The monoisotopic (exact) mass is 391 g/mol. The second kappa shape index (κ2) is 9.85. The van der Waals surface area contributed by atoms with Gasteiger partial charge in [0.2, 0.25) is 5.91 Å². The first kappa shape index (κ1) is 20.6. The van der Waals surface area contributed by atoms with Crippen molar-refractivity contribution in [2.24, 2.45) is 5.92 Å². The van der Waals surface area contributed by atoms with Crippen molar-refractivity contribution in [2.75, 3.05) is 6.61 Å². The highest BCUT2D eigenvalue weighted by molar-refractivity contribution is 5.95. The molecule has 3 rings (SSSR count). The van der Waals surface area contributed by atoms with E-state index in [-0.39, 0.29) is 13.0 Å². The van der Waals surface area contributed by atoms with Crippen molar-refractivity contribution < 1.29 is 19.4 Å². The topological polar surface area (TPSA) is 66.8 Å². The maximum absolute atomic E-state index is 13.2. The van der Waals surface area contributed by atoms with Crippen LogP contribution in [0.2, 0.25) is 0 Å². The zero-order valence-electron chi connectivity index (χ0n) is 16.2. The second-order valence-corrected chi connectivity index (χ2v) is 7.02. The van der Waals surface area contributed by atoms with Crippen LogP contribution in [-0.4, -0.2) is 40.8 Å². The fourth-order valence-electron chi connectivity index (χ4n) is 3.42. The zero-order valence-corrected chi connectivity index (χ0v) is 16.2. The number of benzene rings is 2. The molecule has 1 aliphatic rings. The summed E-state index contributed by atoms with van der Waals surface area (Å²) in [5.41, 5.74) is 1.93. The third-order valence-corrected chi connectivity index (χ3v) is 4.95. The van der Waals surface area contributed by atoms with E-state index in [1.165, 1.54) is 0 Å². The fourth-order valence-corrected chi connectivity index (χ4v) is 3.42. The number of carbonyl (C=O) groups excluding carboxylic acids is 2. The van der Waals surface area contributed by atoms with E-state index in [0.717, 1.165) is 16.0 Å². The summed E-state index contributed by atoms with van der Waals surface area (Å²) in [5.74, 6) is -1.25. The van der Waals surface area contributed by atoms with E-state index in [1.54, 1.807) is 18.2 Å². The maximum atomic E-state index is 13.2. The number of amides is 2. The molecule has 0 radical (unpaired) electrons. The van der Waals surface area contributed by atoms with E-state index in [1.807, 2.05) is 60.7 Å². The predicted molar refractivity (Wildman–Crippen MR) is 112 cm³/mol. The molecule has 1 fully saturated rings. The van der Waals surface area contributed by atoms with Gasteiger partial charge in [-0.05, 0) is 24.0 Å². The predicted octanol–water partition coefficient (Wildman–Crippen LogP) is 3.84. The minimum atomic E-state index is -1.05. The SMILES string of the molecule is C=CCC(C(=O)N1C(=O)OCC1Cc1ccccc1)C(O)C=Cc1ccccc1. The van der Waals surface area contributed by atoms with Crippen molar-refractivity contribution in [3.8, 4) is 0 Å². The summed E-state index contributed by atoms with van der Waals surface area (Å²) < 4.78 is 5.15. The number of ether oxygens (including phenoxy) is 1. The summed E-state index contributed by atoms with van der Waals surface area (Å²) >= 11 is 0. The van der Waals surface area contributed by atoms with Crippen LogP contribution in [0.5, 0.6) is 0 Å². The first-order valence-electron chi connectivity index (χ1n) is 9.66. The average molecular weight is 391 g/mol. The molecule has 0 aromatic heterocycles. The summed E-state index contributed by atoms with van der Waals surface area (Å²) in [6, 6.07) is 18.8. The molecule has 0 spiro atoms. The highest BCUT2D eigenvalue weighted by Gasteiger charge is 2.41. The fraction of sp³-hybridized carbons (Fsp3) is 0.250. The molecular weight excluding hydrogens is 366 g/mol. The third-order valence-electron chi connectivity index (χ3n) is 4.95. The number of carbonyl (C=O) groups is 2. The number of rotatable bonds is 8. The number of allylic oxidation sites excluding steroid dienone is 1. The lowest BCUT2D eigenvalue weighted by molar-refractivity contribution is -0.136. The minimum absolute atomic E-state index is 0.149. The molecule has 1 aliphatic heterocycles. The van der Waals surface area contributed by atoms with E-state index >= 15 is 0 Å². The highest BCUT2D eigenvalue weighted by Crippen LogP contribution is 2.24. The molecule has 2 aromatic carbocycles. The van der Waals surface area contributed by atoms with Crippen molar-refractivity contribution in [3.05, 3.63) is 90.5 Å². The minimum Gasteiger partial charge on any atom is -0.447 e. The van der Waals surface area contributed by atoms with Gasteiger partial charge in [0.15, 0.2) is 0 Å². The van der Waals surface area contributed by atoms with Crippen molar-refractivity contribution in [1.82, 2.24) is 4.90 Å². The Morgan fingerprint density at radius 2 is 1.83 bits per heavy atom. The van der Waals surface area contributed by atoms with E-state index < -0.39 is 30.1 Å². The van der Waals surface area contributed by atoms with Crippen LogP contribution < -0.4 is 0 Å². The summed E-state index contributed by atoms with van der Waals surface area (Å²) in [7, 11) is 0. The largest absolute Gasteiger partial charge is 0.447 e. The Kier molecular flexibility index (Phi) is 6.98. The van der Waals surface area contributed by atoms with E-state index in [2.05, 4.69) is 6.58 Å². The number of imide groups is 1. The first-order valence-corrected chi connectivity index (χ1v) is 9.66. The van der Waals surface area contributed by atoms with Gasteiger partial charge in [-0.2, -0.15) is 0 Å². The van der Waals surface area contributed by atoms with Gasteiger partial charge < -0.3 is 9.84 Å². The molecule has 1 N–H and O–H groups in total. The normalized spacial score (nSPS) is 18.4. The average Bonchev–Trinajstić information content (AvgIpc) is 3.11. The van der Waals surface area contributed by atoms with Gasteiger partial charge in [-0.1, -0.05) is 78.9 Å². The van der Waals surface area contributed by atoms with Gasteiger partial charge in [-0.3, -0.25) is 4.79 Å². The lowest BCUT2D eigenvalue weighted by Crippen LogP contribution is -2.46. The molecule has 0 saturated carbocycles. The molecule has 2 aromatic rings. The van der Waals surface area contributed by atoms with Crippen LogP contribution >= 0.6 is 0 Å². The van der Waals surface area contributed by atoms with Gasteiger partial charge in [0.05, 0.1) is 18.1 Å². The van der Waals surface area contributed by atoms with Crippen LogP contribution in [0.3, 0.4) is 0 Å². The molecule has 0 aliphatic carbocycles. The molecule has 3 unspecified atom stereocenters. The standard InChI is InChI=1S/C24H25NO4/c1-2-9-21(22(26)15-14-18-10-5-3-6-11-18)23(27)25-20(17-29-24(25)28)16-19-12-7-4-8-13-19/h2-8,10-15,20-22,26H,1,9,16-17H2. The van der Waals surface area contributed by atoms with Gasteiger partial charge in [0.25, 0.3) is 0 Å². The number of hydrogen-bond donors (Lipinski definition) is 1. The Labute approximate surface area is 170 Å². The maximum Gasteiger partial charge on any atom is 0.416 e. The highest BCUT2D eigenvalue weighted by atomic mass is 16.6. The molecular formula is C24H25NO4. The first-order chi connectivity index (χ1) is 14.1. The Hall–Kier alpha value is -3.18. The Balaban J connectivity index is 1.76. The molecule has 5 nitrogen and oxygen atoms in total. The molecule has 5 heteroatoms. The van der Waals surface area contributed by atoms with Gasteiger partial charge in [-0.25, -0.2) is 9.69 Å². The zero-order chi connectivity index (χ0) is 20.6. The molecule has 150 valence electrons. The number of aliphatic hydroxyl groups is 1. The lowest BCUT2D eigenvalue weighted by Gasteiger charge is -2.26. The van der Waals surface area contributed by atoms with Crippen LogP contribution in [0.4, 0.5) is 4.79 Å². The second-order valence-electron chi connectivity index (χ2n) is 7.02. The van der Waals surface area contributed by atoms with E-state index in [0.29, 0.717) is 6.42 Å². The van der Waals surface area contributed by atoms with Crippen molar-refractivity contribution >= 4 is 18.1 Å². The smallest absolute Gasteiger partial charge is 0.416 e. The van der Waals surface area contributed by atoms with Crippen LogP contribution in [0.15, 0.2) is 79.4 Å². The summed E-state index contributed by atoms with van der Waals surface area (Å²) in [6.45, 7) is 3.84. The Morgan fingerprint density at radius 1 is 1.17 bits per heavy atom. The van der Waals surface area contributed by atoms with Crippen LogP contribution in [0.1, 0.15) is 17.5 Å². The molecule has 3 atom stereocenters. The van der Waals surface area contributed by atoms with Gasteiger partial charge >= 0.3 is 6.09 Å². The van der Waals surface area contributed by atoms with Crippen LogP contribution in [0.25, 0.3) is 6.08 Å². The number of cyclic esters (lactones) is 1. The van der Waals surface area contributed by atoms with E-state index in [4.69, 9.17) is 4.74 Å². The lowest BCUT2D eigenvalue weighted by atomic mass is 9.94. The quantitative estimate of drug-likeness (QED) is 0.694. The van der Waals surface area contributed by atoms with Crippen LogP contribution in [-0.2, 0) is 16.0 Å². The third kappa shape index (κ3) is 5.21. The van der Waals surface area contributed by atoms with Gasteiger partial charge in [0.1, 0.15) is 6.61 Å². The van der Waals surface area contributed by atoms with Gasteiger partial charge in [-0.15, -0.1) is 6.58 Å². The Morgan fingerprint density at radius 3 is 2.48 bits per heavy atom. The van der Waals surface area contributed by atoms with E-state index in [9.17, 15) is 14.7 Å². The summed E-state index contributed by atoms with van der Waals surface area (Å²) in [5, 5.41) is 10.7. The molecule has 2 amide bonds. The van der Waals surface area contributed by atoms with Crippen molar-refractivity contribution in [3.63, 3.8) is 0 Å². The summed E-state index contributed by atoms with van der Waals surface area (Å²) in [4.78, 5) is 26.6. The number of nitrogens with zero attached hydrogens (tertiary/aromatic N) is 1. The number of aliphatic hydroxyl groups excluding tert-OH is 1. The van der Waals surface area contributed by atoms with Crippen LogP contribution in [0, 0.1) is 5.92 Å². The Bertz CT molecular complexity index is 863. The molecule has 1 heterocycles. The molecule has 29 heavy (non-hydrogen) atoms. The number of hydrogen-bond acceptors (Lipinski definition) is 4. The van der Waals surface area contributed by atoms with Crippen molar-refractivity contribution in [1.29, 1.82) is 0 Å². The van der Waals surface area contributed by atoms with Gasteiger partial charge in [0, 0.05) is 0 Å². The molecule has 0 bridgehead atoms. The molecule has 1 saturated heterocycles.